The van der Waals surface area contributed by atoms with Crippen molar-refractivity contribution in [2.75, 3.05) is 19.6 Å². The van der Waals surface area contributed by atoms with E-state index < -0.39 is 0 Å². The molecular formula is C8H15N. The van der Waals surface area contributed by atoms with Gasteiger partial charge in [-0.3, -0.25) is 0 Å². The quantitative estimate of drug-likeness (QED) is 0.484. The van der Waals surface area contributed by atoms with E-state index in [2.05, 4.69) is 11.5 Å². The third kappa shape index (κ3) is 1.83. The van der Waals surface area contributed by atoms with E-state index in [0.717, 1.165) is 32.5 Å². The van der Waals surface area contributed by atoms with Crippen LogP contribution < -0.4 is 0 Å². The van der Waals surface area contributed by atoms with Gasteiger partial charge >= 0.3 is 0 Å². The van der Waals surface area contributed by atoms with Gasteiger partial charge in [-0.05, 0) is 19.4 Å². The Labute approximate surface area is 58.8 Å². The first-order valence-electron chi connectivity index (χ1n) is 4.22. The largest absolute Gasteiger partial charge is 0.303 e. The maximum Gasteiger partial charge on any atom is 0.0243 e. The smallest absolute Gasteiger partial charge is 0.0243 e. The lowest BCUT2D eigenvalue weighted by atomic mass is 10.1. The second-order valence-electron chi connectivity index (χ2n) is 2.59. The van der Waals surface area contributed by atoms with Crippen molar-refractivity contribution in [3.8, 4) is 0 Å². The molecule has 0 bridgehead atoms. The summed E-state index contributed by atoms with van der Waals surface area (Å²) in [5, 5.41) is 0. The molecule has 52 valence electrons. The molecule has 0 unspecified atom stereocenters. The maximum atomic E-state index is 7.03. The highest BCUT2D eigenvalue weighted by molar-refractivity contribution is 4.98. The number of piperidine rings is 1. The van der Waals surface area contributed by atoms with Crippen LogP contribution in [0.15, 0.2) is 12.2 Å². The van der Waals surface area contributed by atoms with Crippen LogP contribution in [0.4, 0.5) is 0 Å². The van der Waals surface area contributed by atoms with Crippen molar-refractivity contribution in [2.45, 2.75) is 19.7 Å². The minimum absolute atomic E-state index is 0.534. The van der Waals surface area contributed by atoms with Gasteiger partial charge in [0.15, 0.2) is 0 Å². The minimum atomic E-state index is 0.534. The van der Waals surface area contributed by atoms with Gasteiger partial charge in [-0.15, -0.1) is 0 Å². The van der Waals surface area contributed by atoms with Gasteiger partial charge in [0.25, 0.3) is 0 Å². The minimum Gasteiger partial charge on any atom is -0.303 e. The second kappa shape index (κ2) is 3.02. The van der Waals surface area contributed by atoms with Gasteiger partial charge in [0, 0.05) is 14.5 Å². The molecule has 0 aromatic rings. The van der Waals surface area contributed by atoms with Crippen LogP contribution in [0.5, 0.6) is 0 Å². The molecule has 0 spiro atoms. The van der Waals surface area contributed by atoms with Crippen molar-refractivity contribution in [2.24, 2.45) is 0 Å². The van der Waals surface area contributed by atoms with Gasteiger partial charge in [0.2, 0.25) is 0 Å². The molecule has 0 aromatic heterocycles. The molecule has 1 nitrogen and oxygen atoms in total. The zero-order valence-corrected chi connectivity index (χ0v) is 5.90. The topological polar surface area (TPSA) is 3.24 Å². The summed E-state index contributed by atoms with van der Waals surface area (Å²) in [5.41, 5.74) is 1.38. The first-order valence-corrected chi connectivity index (χ1v) is 3.51. The Morgan fingerprint density at radius 2 is 2.33 bits per heavy atom. The molecule has 0 radical (unpaired) electrons. The molecule has 0 aliphatic carbocycles. The number of hydrogen-bond donors (Lipinski definition) is 0. The first-order chi connectivity index (χ1) is 4.83. The van der Waals surface area contributed by atoms with E-state index in [1.54, 1.807) is 0 Å². The lowest BCUT2D eigenvalue weighted by Crippen LogP contribution is -2.29. The van der Waals surface area contributed by atoms with Crippen LogP contribution in [0, 0.1) is 0 Å². The summed E-state index contributed by atoms with van der Waals surface area (Å²) in [6.45, 7) is 7.65. The Bertz CT molecular complexity index is 112. The van der Waals surface area contributed by atoms with Crippen LogP contribution >= 0.6 is 0 Å². The molecule has 1 aliphatic heterocycles. The van der Waals surface area contributed by atoms with Crippen LogP contribution in [0.2, 0.25) is 0 Å². The van der Waals surface area contributed by atoms with E-state index in [4.69, 9.17) is 1.37 Å². The summed E-state index contributed by atoms with van der Waals surface area (Å²) >= 11 is 0. The molecule has 1 aliphatic rings. The Hall–Kier alpha value is -0.300. The number of likely N-dealkylation sites (tertiary alicyclic amines) is 1. The Morgan fingerprint density at radius 3 is 2.89 bits per heavy atom. The molecule has 1 heteroatoms. The highest BCUT2D eigenvalue weighted by Gasteiger charge is 2.08. The average Bonchev–Trinajstić information content (AvgIpc) is 1.95. The van der Waals surface area contributed by atoms with Crippen LogP contribution in [0.25, 0.3) is 0 Å². The fourth-order valence-electron chi connectivity index (χ4n) is 1.09. The van der Waals surface area contributed by atoms with Gasteiger partial charge in [-0.2, -0.15) is 0 Å². The van der Waals surface area contributed by atoms with E-state index in [9.17, 15) is 0 Å². The molecule has 0 amide bonds. The van der Waals surface area contributed by atoms with Gasteiger partial charge < -0.3 is 4.90 Å². The number of rotatable bonds is 1. The first kappa shape index (κ1) is 5.48. The SMILES string of the molecule is [3H]CCN1CCC(=C)CC1. The second-order valence-corrected chi connectivity index (χ2v) is 2.59. The summed E-state index contributed by atoms with van der Waals surface area (Å²) in [5.74, 6) is 0. The number of hydrogen-bond acceptors (Lipinski definition) is 1. The lowest BCUT2D eigenvalue weighted by molar-refractivity contribution is 0.270. The van der Waals surface area contributed by atoms with Crippen molar-refractivity contribution in [1.82, 2.24) is 4.90 Å². The summed E-state index contributed by atoms with van der Waals surface area (Å²) in [6, 6.07) is 0. The monoisotopic (exact) mass is 127 g/mol. The van der Waals surface area contributed by atoms with Crippen molar-refractivity contribution < 1.29 is 1.37 Å². The van der Waals surface area contributed by atoms with Crippen molar-refractivity contribution in [3.05, 3.63) is 12.2 Å². The highest BCUT2D eigenvalue weighted by atomic mass is 15.1. The van der Waals surface area contributed by atoms with Crippen LogP contribution in [-0.4, -0.2) is 24.5 Å². The highest BCUT2D eigenvalue weighted by Crippen LogP contribution is 2.12. The summed E-state index contributed by atoms with van der Waals surface area (Å²) in [4.78, 5) is 2.34. The van der Waals surface area contributed by atoms with Crippen molar-refractivity contribution >= 4 is 0 Å². The van der Waals surface area contributed by atoms with E-state index in [0.29, 0.717) is 6.90 Å². The molecule has 0 saturated carbocycles. The summed E-state index contributed by atoms with van der Waals surface area (Å²) < 4.78 is 7.03. The standard InChI is InChI=1S/C8H15N/c1-3-9-6-4-8(2)5-7-9/h2-7H2,1H3/i1T. The third-order valence-electron chi connectivity index (χ3n) is 1.88. The Morgan fingerprint density at radius 1 is 1.67 bits per heavy atom. The van der Waals surface area contributed by atoms with Gasteiger partial charge in [-0.25, -0.2) is 0 Å². The molecule has 1 rings (SSSR count). The van der Waals surface area contributed by atoms with E-state index in [1.807, 2.05) is 0 Å². The molecule has 0 aromatic carbocycles. The van der Waals surface area contributed by atoms with Crippen LogP contribution in [0.1, 0.15) is 21.1 Å². The predicted octanol–water partition coefficient (Wildman–Crippen LogP) is 1.66. The van der Waals surface area contributed by atoms with Gasteiger partial charge in [0.1, 0.15) is 0 Å². The molecule has 9 heavy (non-hydrogen) atoms. The fraction of sp³-hybridized carbons (Fsp3) is 0.750. The Balaban J connectivity index is 2.19. The number of nitrogens with zero attached hydrogens (tertiary/aromatic N) is 1. The zero-order chi connectivity index (χ0) is 7.40. The molecule has 1 fully saturated rings. The van der Waals surface area contributed by atoms with Crippen LogP contribution in [0.3, 0.4) is 0 Å². The summed E-state index contributed by atoms with van der Waals surface area (Å²) in [6.07, 6.45) is 2.28. The Kier molecular flexibility index (Phi) is 1.84. The molecule has 0 N–H and O–H groups in total. The van der Waals surface area contributed by atoms with E-state index >= 15 is 0 Å². The van der Waals surface area contributed by atoms with Crippen LogP contribution in [-0.2, 0) is 0 Å². The lowest BCUT2D eigenvalue weighted by Gasteiger charge is -2.25. The summed E-state index contributed by atoms with van der Waals surface area (Å²) in [7, 11) is 0. The van der Waals surface area contributed by atoms with E-state index in [1.165, 1.54) is 5.57 Å². The molecule has 1 heterocycles. The molecule has 0 atom stereocenters. The van der Waals surface area contributed by atoms with E-state index in [-0.39, 0.29) is 0 Å². The van der Waals surface area contributed by atoms with Gasteiger partial charge in [-0.1, -0.05) is 19.1 Å². The third-order valence-corrected chi connectivity index (χ3v) is 1.88. The van der Waals surface area contributed by atoms with Crippen molar-refractivity contribution in [3.63, 3.8) is 0 Å². The van der Waals surface area contributed by atoms with Crippen molar-refractivity contribution in [1.29, 1.82) is 0 Å². The predicted molar refractivity (Wildman–Crippen MR) is 40.5 cm³/mol. The zero-order valence-electron chi connectivity index (χ0n) is 6.90. The molecule has 1 saturated heterocycles. The molecular weight excluding hydrogens is 110 g/mol. The normalized spacial score (nSPS) is 24.0. The maximum absolute atomic E-state index is 7.03. The van der Waals surface area contributed by atoms with Gasteiger partial charge in [0.05, 0.1) is 0 Å². The average molecular weight is 127 g/mol. The fourth-order valence-corrected chi connectivity index (χ4v) is 1.09.